The van der Waals surface area contributed by atoms with Gasteiger partial charge >= 0.3 is 18.0 Å². The molecule has 9 heteroatoms. The number of ether oxygens (including phenoxy) is 4. The summed E-state index contributed by atoms with van der Waals surface area (Å²) in [5, 5.41) is 11.7. The zero-order valence-electron chi connectivity index (χ0n) is 20.8. The Morgan fingerprint density at radius 3 is 2.30 bits per heavy atom. The van der Waals surface area contributed by atoms with Gasteiger partial charge in [0.15, 0.2) is 12.4 Å². The van der Waals surface area contributed by atoms with Crippen LogP contribution in [0.25, 0.3) is 11.1 Å². The van der Waals surface area contributed by atoms with Gasteiger partial charge < -0.3 is 29.4 Å². The van der Waals surface area contributed by atoms with Gasteiger partial charge in [-0.1, -0.05) is 54.1 Å². The van der Waals surface area contributed by atoms with E-state index in [1.807, 2.05) is 50.2 Å². The molecule has 1 aliphatic carbocycles. The molecule has 1 fully saturated rings. The number of alkyl carbamates (subject to hydrolysis) is 1. The number of carbonyl (C=O) groups is 3. The molecule has 1 heterocycles. The lowest BCUT2D eigenvalue weighted by molar-refractivity contribution is -0.152. The number of carboxylic acid groups (broad SMARTS) is 1. The molecule has 4 rings (SSSR count). The Labute approximate surface area is 215 Å². The van der Waals surface area contributed by atoms with E-state index in [0.29, 0.717) is 0 Å². The number of aliphatic carboxylic acids is 1. The smallest absolute Gasteiger partial charge is 0.407 e. The molecular formula is C28H31NO8. The molecule has 196 valence electrons. The maximum atomic E-state index is 12.8. The minimum absolute atomic E-state index is 0.0710. The second-order valence-corrected chi connectivity index (χ2v) is 9.24. The van der Waals surface area contributed by atoms with Crippen molar-refractivity contribution in [2.24, 2.45) is 0 Å². The van der Waals surface area contributed by atoms with Crippen molar-refractivity contribution in [3.8, 4) is 11.1 Å². The SMILES string of the molecule is CC(C)=CCOC(=O)[C@H](CCC1OCC(C(=O)O)O1)NC(=O)OCC1c2ccccc2-c2ccccc21. The van der Waals surface area contributed by atoms with Crippen LogP contribution in [0.3, 0.4) is 0 Å². The molecule has 1 amide bonds. The van der Waals surface area contributed by atoms with Crippen LogP contribution >= 0.6 is 0 Å². The van der Waals surface area contributed by atoms with Crippen LogP contribution < -0.4 is 5.32 Å². The van der Waals surface area contributed by atoms with Gasteiger partial charge in [0.05, 0.1) is 6.61 Å². The summed E-state index contributed by atoms with van der Waals surface area (Å²) < 4.78 is 21.5. The topological polar surface area (TPSA) is 120 Å². The van der Waals surface area contributed by atoms with Crippen molar-refractivity contribution < 1.29 is 38.4 Å². The van der Waals surface area contributed by atoms with Gasteiger partial charge in [-0.05, 0) is 48.6 Å². The lowest BCUT2D eigenvalue weighted by Crippen LogP contribution is -2.43. The highest BCUT2D eigenvalue weighted by molar-refractivity contribution is 5.82. The average Bonchev–Trinajstić information content (AvgIpc) is 3.48. The Hall–Kier alpha value is -3.69. The lowest BCUT2D eigenvalue weighted by Gasteiger charge is -2.20. The molecule has 1 aliphatic heterocycles. The van der Waals surface area contributed by atoms with Crippen molar-refractivity contribution in [3.05, 3.63) is 71.3 Å². The van der Waals surface area contributed by atoms with Crippen molar-refractivity contribution in [2.75, 3.05) is 19.8 Å². The van der Waals surface area contributed by atoms with Crippen LogP contribution in [0.2, 0.25) is 0 Å². The summed E-state index contributed by atoms with van der Waals surface area (Å²) in [5.74, 6) is -1.86. The molecule has 37 heavy (non-hydrogen) atoms. The summed E-state index contributed by atoms with van der Waals surface area (Å²) in [5.41, 5.74) is 5.38. The zero-order valence-corrected chi connectivity index (χ0v) is 20.8. The first-order chi connectivity index (χ1) is 17.8. The molecule has 2 unspecified atom stereocenters. The van der Waals surface area contributed by atoms with Gasteiger partial charge in [0, 0.05) is 12.3 Å². The number of hydrogen-bond donors (Lipinski definition) is 2. The first-order valence-corrected chi connectivity index (χ1v) is 12.2. The van der Waals surface area contributed by atoms with Gasteiger partial charge in [0.25, 0.3) is 0 Å². The van der Waals surface area contributed by atoms with E-state index in [1.54, 1.807) is 6.08 Å². The van der Waals surface area contributed by atoms with E-state index < -0.39 is 36.5 Å². The van der Waals surface area contributed by atoms with Crippen molar-refractivity contribution in [1.29, 1.82) is 0 Å². The predicted molar refractivity (Wildman–Crippen MR) is 134 cm³/mol. The molecule has 2 aliphatic rings. The molecule has 0 spiro atoms. The molecule has 2 aromatic rings. The normalized spacial score (nSPS) is 18.9. The van der Waals surface area contributed by atoms with Crippen LogP contribution in [-0.4, -0.2) is 61.4 Å². The van der Waals surface area contributed by atoms with E-state index in [1.165, 1.54) is 0 Å². The second-order valence-electron chi connectivity index (χ2n) is 9.24. The molecule has 0 radical (unpaired) electrons. The molecule has 9 nitrogen and oxygen atoms in total. The number of rotatable bonds is 10. The van der Waals surface area contributed by atoms with Crippen LogP contribution in [0.5, 0.6) is 0 Å². The van der Waals surface area contributed by atoms with Crippen molar-refractivity contribution in [2.45, 2.75) is 51.0 Å². The Morgan fingerprint density at radius 1 is 1.05 bits per heavy atom. The highest BCUT2D eigenvalue weighted by atomic mass is 16.7. The predicted octanol–water partition coefficient (Wildman–Crippen LogP) is 4.01. The first kappa shape index (κ1) is 26.4. The minimum atomic E-state index is -1.11. The maximum Gasteiger partial charge on any atom is 0.407 e. The van der Waals surface area contributed by atoms with Gasteiger partial charge in [0.1, 0.15) is 19.3 Å². The lowest BCUT2D eigenvalue weighted by atomic mass is 9.98. The fourth-order valence-electron chi connectivity index (χ4n) is 4.46. The maximum absolute atomic E-state index is 12.8. The molecule has 2 N–H and O–H groups in total. The molecule has 0 aromatic heterocycles. The summed E-state index contributed by atoms with van der Waals surface area (Å²) in [6.07, 6.45) is -0.530. The van der Waals surface area contributed by atoms with Gasteiger partial charge in [0.2, 0.25) is 0 Å². The van der Waals surface area contributed by atoms with E-state index in [9.17, 15) is 14.4 Å². The van der Waals surface area contributed by atoms with Crippen LogP contribution in [0.15, 0.2) is 60.2 Å². The zero-order chi connectivity index (χ0) is 26.4. The average molecular weight is 510 g/mol. The summed E-state index contributed by atoms with van der Waals surface area (Å²) >= 11 is 0. The number of benzene rings is 2. The van der Waals surface area contributed by atoms with Crippen LogP contribution in [-0.2, 0) is 28.5 Å². The fraction of sp³-hybridized carbons (Fsp3) is 0.393. The number of esters is 1. The van der Waals surface area contributed by atoms with Crippen molar-refractivity contribution in [3.63, 3.8) is 0 Å². The van der Waals surface area contributed by atoms with E-state index in [4.69, 9.17) is 24.1 Å². The van der Waals surface area contributed by atoms with E-state index in [2.05, 4.69) is 17.4 Å². The van der Waals surface area contributed by atoms with Gasteiger partial charge in [-0.25, -0.2) is 14.4 Å². The number of nitrogens with one attached hydrogen (secondary N) is 1. The molecule has 0 bridgehead atoms. The van der Waals surface area contributed by atoms with Gasteiger partial charge in [-0.15, -0.1) is 0 Å². The fourth-order valence-corrected chi connectivity index (χ4v) is 4.46. The van der Waals surface area contributed by atoms with Crippen LogP contribution in [0.1, 0.15) is 43.7 Å². The number of carboxylic acids is 1. The molecule has 2 aromatic carbocycles. The number of fused-ring (bicyclic) bond motifs is 3. The number of amides is 1. The summed E-state index contributed by atoms with van der Waals surface area (Å²) in [6, 6.07) is 15.0. The Bertz CT molecular complexity index is 1130. The molecule has 3 atom stereocenters. The quantitative estimate of drug-likeness (QED) is 0.364. The Balaban J connectivity index is 1.37. The van der Waals surface area contributed by atoms with Crippen molar-refractivity contribution in [1.82, 2.24) is 5.32 Å². The number of carbonyl (C=O) groups excluding carboxylic acids is 2. The first-order valence-electron chi connectivity index (χ1n) is 12.2. The Morgan fingerprint density at radius 2 is 1.70 bits per heavy atom. The third-order valence-electron chi connectivity index (χ3n) is 6.35. The largest absolute Gasteiger partial charge is 0.479 e. The number of allylic oxidation sites excluding steroid dienone is 1. The monoisotopic (exact) mass is 509 g/mol. The minimum Gasteiger partial charge on any atom is -0.479 e. The summed E-state index contributed by atoms with van der Waals surface area (Å²) in [6.45, 7) is 3.87. The summed E-state index contributed by atoms with van der Waals surface area (Å²) in [4.78, 5) is 36.6. The number of hydrogen-bond acceptors (Lipinski definition) is 7. The third-order valence-corrected chi connectivity index (χ3v) is 6.35. The van der Waals surface area contributed by atoms with E-state index >= 15 is 0 Å². The third kappa shape index (κ3) is 6.55. The highest BCUT2D eigenvalue weighted by Crippen LogP contribution is 2.44. The molecule has 0 saturated carbocycles. The Kier molecular flexibility index (Phi) is 8.58. The van der Waals surface area contributed by atoms with E-state index in [-0.39, 0.29) is 38.6 Å². The highest BCUT2D eigenvalue weighted by Gasteiger charge is 2.34. The van der Waals surface area contributed by atoms with Gasteiger partial charge in [-0.3, -0.25) is 0 Å². The van der Waals surface area contributed by atoms with Crippen LogP contribution in [0.4, 0.5) is 4.79 Å². The molecular weight excluding hydrogens is 478 g/mol. The van der Waals surface area contributed by atoms with E-state index in [0.717, 1.165) is 27.8 Å². The standard InChI is InChI=1S/C28H31NO8/c1-17(2)13-14-34-27(32)23(11-12-25-35-16-24(37-25)26(30)31)29-28(33)36-15-22-20-9-5-3-7-18(20)19-8-4-6-10-21(19)22/h3-10,13,22-25H,11-12,14-16H2,1-2H3,(H,29,33)(H,30,31)/t23-,24?,25?/m0/s1. The second kappa shape index (κ2) is 12.0. The van der Waals surface area contributed by atoms with Gasteiger partial charge in [-0.2, -0.15) is 0 Å². The summed E-state index contributed by atoms with van der Waals surface area (Å²) in [7, 11) is 0. The van der Waals surface area contributed by atoms with Crippen LogP contribution in [0, 0.1) is 0 Å². The van der Waals surface area contributed by atoms with Crippen molar-refractivity contribution >= 4 is 18.0 Å². The molecule has 1 saturated heterocycles.